The van der Waals surface area contributed by atoms with Crippen LogP contribution >= 0.6 is 0 Å². The van der Waals surface area contributed by atoms with E-state index in [0.29, 0.717) is 0 Å². The molecule has 0 radical (unpaired) electrons. The molecule has 0 saturated carbocycles. The van der Waals surface area contributed by atoms with Crippen LogP contribution in [-0.2, 0) is 15.6 Å². The molecule has 0 fully saturated rings. The first-order valence-corrected chi connectivity index (χ1v) is 14.0. The van der Waals surface area contributed by atoms with Crippen LogP contribution in [0.4, 0.5) is 0 Å². The molecular formula is C32H43N3O3. The summed E-state index contributed by atoms with van der Waals surface area (Å²) in [5.41, 5.74) is 9.48. The van der Waals surface area contributed by atoms with Gasteiger partial charge in [-0.2, -0.15) is 5.10 Å². The molecule has 1 aromatic heterocycles. The van der Waals surface area contributed by atoms with Gasteiger partial charge in [-0.3, -0.25) is 9.89 Å². The second kappa shape index (κ2) is 11.6. The summed E-state index contributed by atoms with van der Waals surface area (Å²) < 4.78 is 11.9. The van der Waals surface area contributed by atoms with Crippen LogP contribution in [0, 0.1) is 0 Å². The number of amides is 1. The Morgan fingerprint density at radius 1 is 0.947 bits per heavy atom. The van der Waals surface area contributed by atoms with Gasteiger partial charge < -0.3 is 15.2 Å². The summed E-state index contributed by atoms with van der Waals surface area (Å²) in [7, 11) is 0. The Hall–Kier alpha value is -3.28. The zero-order valence-electron chi connectivity index (χ0n) is 23.5. The fourth-order valence-corrected chi connectivity index (χ4v) is 6.42. The van der Waals surface area contributed by atoms with E-state index in [0.717, 1.165) is 72.4 Å². The van der Waals surface area contributed by atoms with Crippen LogP contribution in [-0.4, -0.2) is 22.9 Å². The van der Waals surface area contributed by atoms with Crippen molar-refractivity contribution >= 4 is 5.91 Å². The smallest absolute Gasteiger partial charge is 0.231 e. The van der Waals surface area contributed by atoms with Gasteiger partial charge in [0.1, 0.15) is 0 Å². The summed E-state index contributed by atoms with van der Waals surface area (Å²) in [4.78, 5) is 14.4. The summed E-state index contributed by atoms with van der Waals surface area (Å²) in [6, 6.07) is 16.4. The molecule has 1 aliphatic rings. The molecule has 204 valence electrons. The number of nitrogens with two attached hydrogens (primary N) is 1. The highest BCUT2D eigenvalue weighted by molar-refractivity contribution is 5.90. The molecule has 0 aliphatic carbocycles. The van der Waals surface area contributed by atoms with E-state index in [4.69, 9.17) is 15.2 Å². The zero-order chi connectivity index (χ0) is 27.3. The van der Waals surface area contributed by atoms with Crippen LogP contribution < -0.4 is 15.2 Å². The molecule has 2 aromatic carbocycles. The van der Waals surface area contributed by atoms with Crippen LogP contribution in [0.25, 0.3) is 0 Å². The molecular weight excluding hydrogens is 474 g/mol. The van der Waals surface area contributed by atoms with Gasteiger partial charge in [0.2, 0.25) is 12.7 Å². The SMILES string of the molecule is CCCCCC(c1cccc2c1OCO2)C(C(N)=O)(c1ccccc1C(C)(C)C)C(CCC)c1ccn[nH]1. The lowest BCUT2D eigenvalue weighted by Gasteiger charge is -2.47. The number of benzene rings is 2. The number of nitrogens with one attached hydrogen (secondary N) is 1. The number of aromatic amines is 1. The van der Waals surface area contributed by atoms with Crippen molar-refractivity contribution in [2.24, 2.45) is 5.73 Å². The van der Waals surface area contributed by atoms with Gasteiger partial charge in [-0.15, -0.1) is 0 Å². The Kier molecular flexibility index (Phi) is 8.49. The Balaban J connectivity index is 2.11. The maximum atomic E-state index is 14.4. The lowest BCUT2D eigenvalue weighted by atomic mass is 9.55. The second-order valence-electron chi connectivity index (χ2n) is 11.5. The fourth-order valence-electron chi connectivity index (χ4n) is 6.42. The van der Waals surface area contributed by atoms with Crippen LogP contribution in [0.3, 0.4) is 0 Å². The highest BCUT2D eigenvalue weighted by Gasteiger charge is 2.55. The number of rotatable bonds is 12. The Morgan fingerprint density at radius 3 is 2.34 bits per heavy atom. The summed E-state index contributed by atoms with van der Waals surface area (Å²) in [6.45, 7) is 11.1. The van der Waals surface area contributed by atoms with Crippen molar-refractivity contribution in [1.82, 2.24) is 10.2 Å². The number of primary amides is 1. The number of hydrogen-bond donors (Lipinski definition) is 2. The molecule has 0 spiro atoms. The lowest BCUT2D eigenvalue weighted by molar-refractivity contribution is -0.126. The molecule has 38 heavy (non-hydrogen) atoms. The first-order valence-electron chi connectivity index (χ1n) is 14.0. The average molecular weight is 518 g/mol. The van der Waals surface area contributed by atoms with Gasteiger partial charge in [0.15, 0.2) is 11.5 Å². The van der Waals surface area contributed by atoms with Crippen molar-refractivity contribution in [3.05, 3.63) is 77.1 Å². The molecule has 6 heteroatoms. The third-order valence-electron chi connectivity index (χ3n) is 8.06. The summed E-state index contributed by atoms with van der Waals surface area (Å²) in [6.07, 6.45) is 7.36. The van der Waals surface area contributed by atoms with Crippen LogP contribution in [0.1, 0.15) is 107 Å². The number of carbonyl (C=O) groups excluding carboxylic acids is 1. The Labute approximate surface area is 227 Å². The minimum atomic E-state index is -1.05. The van der Waals surface area contributed by atoms with E-state index in [9.17, 15) is 4.79 Å². The largest absolute Gasteiger partial charge is 0.454 e. The quantitative estimate of drug-likeness (QED) is 0.251. The summed E-state index contributed by atoms with van der Waals surface area (Å²) >= 11 is 0. The Morgan fingerprint density at radius 2 is 1.71 bits per heavy atom. The van der Waals surface area contributed by atoms with E-state index in [1.54, 1.807) is 6.20 Å². The van der Waals surface area contributed by atoms with Crippen molar-refractivity contribution in [1.29, 1.82) is 0 Å². The Bertz CT molecular complexity index is 1210. The number of ether oxygens (including phenoxy) is 2. The predicted octanol–water partition coefficient (Wildman–Crippen LogP) is 7.11. The third-order valence-corrected chi connectivity index (χ3v) is 8.06. The number of unbranched alkanes of at least 4 members (excludes halogenated alkanes) is 2. The maximum absolute atomic E-state index is 14.4. The molecule has 2 heterocycles. The summed E-state index contributed by atoms with van der Waals surface area (Å²) in [5, 5.41) is 7.53. The van der Waals surface area contributed by atoms with E-state index >= 15 is 0 Å². The van der Waals surface area contributed by atoms with Crippen molar-refractivity contribution < 1.29 is 14.3 Å². The monoisotopic (exact) mass is 517 g/mol. The molecule has 4 rings (SSSR count). The lowest BCUT2D eigenvalue weighted by Crippen LogP contribution is -2.52. The van der Waals surface area contributed by atoms with Crippen LogP contribution in [0.15, 0.2) is 54.7 Å². The highest BCUT2D eigenvalue weighted by atomic mass is 16.7. The first kappa shape index (κ1) is 27.7. The van der Waals surface area contributed by atoms with Gasteiger partial charge in [0.25, 0.3) is 0 Å². The molecule has 0 saturated heterocycles. The van der Waals surface area contributed by atoms with Crippen molar-refractivity contribution in [3.63, 3.8) is 0 Å². The molecule has 3 aromatic rings. The number of aromatic nitrogens is 2. The number of nitrogens with zero attached hydrogens (tertiary/aromatic N) is 1. The summed E-state index contributed by atoms with van der Waals surface area (Å²) in [5.74, 6) is 0.694. The standard InChI is InChI=1S/C32H43N3O3/c1-6-8-9-15-23(22-14-12-18-28-29(22)38-21-37-28)32(30(33)36,26(13-7-2)27-19-20-34-35-27)25-17-11-10-16-24(25)31(3,4)5/h10-12,14,16-20,23,26H,6-9,13,15,21H2,1-5H3,(H2,33,36)(H,34,35). The van der Waals surface area contributed by atoms with Crippen molar-refractivity contribution in [3.8, 4) is 11.5 Å². The number of carbonyl (C=O) groups is 1. The maximum Gasteiger partial charge on any atom is 0.231 e. The van der Waals surface area contributed by atoms with E-state index in [1.807, 2.05) is 24.3 Å². The zero-order valence-corrected chi connectivity index (χ0v) is 23.5. The van der Waals surface area contributed by atoms with Crippen molar-refractivity contribution in [2.45, 2.75) is 95.8 Å². The van der Waals surface area contributed by atoms with E-state index in [1.165, 1.54) is 0 Å². The van der Waals surface area contributed by atoms with Crippen LogP contribution in [0.2, 0.25) is 0 Å². The molecule has 3 N–H and O–H groups in total. The van der Waals surface area contributed by atoms with Gasteiger partial charge in [-0.05, 0) is 41.5 Å². The highest BCUT2D eigenvalue weighted by Crippen LogP contribution is 2.57. The fraction of sp³-hybridized carbons (Fsp3) is 0.500. The first-order chi connectivity index (χ1) is 18.3. The van der Waals surface area contributed by atoms with Gasteiger partial charge >= 0.3 is 0 Å². The number of hydrogen-bond acceptors (Lipinski definition) is 4. The number of fused-ring (bicyclic) bond motifs is 1. The molecule has 0 bridgehead atoms. The van der Waals surface area contributed by atoms with E-state index < -0.39 is 5.41 Å². The molecule has 1 aliphatic heterocycles. The normalized spacial score (nSPS) is 16.1. The third kappa shape index (κ3) is 5.05. The van der Waals surface area contributed by atoms with Gasteiger partial charge in [-0.1, -0.05) is 96.7 Å². The topological polar surface area (TPSA) is 90.2 Å². The average Bonchev–Trinajstić information content (AvgIpc) is 3.59. The number of para-hydroxylation sites is 1. The van der Waals surface area contributed by atoms with E-state index in [-0.39, 0.29) is 30.0 Å². The molecule has 6 nitrogen and oxygen atoms in total. The van der Waals surface area contributed by atoms with Crippen LogP contribution in [0.5, 0.6) is 11.5 Å². The van der Waals surface area contributed by atoms with Gasteiger partial charge in [-0.25, -0.2) is 0 Å². The van der Waals surface area contributed by atoms with Gasteiger partial charge in [0, 0.05) is 29.3 Å². The van der Waals surface area contributed by atoms with E-state index in [2.05, 4.69) is 69.1 Å². The minimum absolute atomic E-state index is 0.176. The minimum Gasteiger partial charge on any atom is -0.454 e. The molecule has 3 atom stereocenters. The molecule has 1 amide bonds. The number of H-pyrrole nitrogens is 1. The second-order valence-corrected chi connectivity index (χ2v) is 11.5. The van der Waals surface area contributed by atoms with Crippen molar-refractivity contribution in [2.75, 3.05) is 6.79 Å². The molecule has 3 unspecified atom stereocenters. The predicted molar refractivity (Wildman–Crippen MR) is 152 cm³/mol. The van der Waals surface area contributed by atoms with Gasteiger partial charge in [0.05, 0.1) is 5.41 Å².